The topological polar surface area (TPSA) is 165 Å². The molecule has 0 bridgehead atoms. The van der Waals surface area contributed by atoms with Crippen LogP contribution in [-0.4, -0.2) is 32.7 Å². The van der Waals surface area contributed by atoms with Crippen molar-refractivity contribution in [3.05, 3.63) is 111 Å². The van der Waals surface area contributed by atoms with Gasteiger partial charge in [-0.05, 0) is 52.9 Å². The van der Waals surface area contributed by atoms with Gasteiger partial charge in [-0.2, -0.15) is 0 Å². The van der Waals surface area contributed by atoms with Gasteiger partial charge in [0.1, 0.15) is 35.9 Å². The molecule has 0 aliphatic carbocycles. The summed E-state index contributed by atoms with van der Waals surface area (Å²) in [7, 11) is -4.26. The first kappa shape index (κ1) is 27.3. The molecule has 2 aromatic heterocycles. The maximum atomic E-state index is 13.1. The number of nitrogens with one attached hydrogen (secondary N) is 1. The van der Waals surface area contributed by atoms with E-state index in [1.807, 2.05) is 0 Å². The minimum absolute atomic E-state index is 0.0915. The molecule has 2 heterocycles. The Hall–Kier alpha value is -5.24. The molecule has 12 nitrogen and oxygen atoms in total. The molecule has 0 unspecified atom stereocenters. The first-order valence-electron chi connectivity index (χ1n) is 12.0. The summed E-state index contributed by atoms with van der Waals surface area (Å²) in [5.41, 5.74) is -0.256. The molecule has 1 N–H and O–H groups in total. The van der Waals surface area contributed by atoms with Gasteiger partial charge in [-0.3, -0.25) is 9.42 Å². The van der Waals surface area contributed by atoms with Crippen molar-refractivity contribution in [3.63, 3.8) is 0 Å². The fraction of sp³-hybridized carbons (Fsp3) is 0.111. The van der Waals surface area contributed by atoms with Crippen molar-refractivity contribution in [2.45, 2.75) is 16.5 Å². The number of sulfone groups is 1. The number of hydrogen-bond donors (Lipinski definition) is 1. The molecule has 0 spiro atoms. The lowest BCUT2D eigenvalue weighted by Gasteiger charge is -2.08. The van der Waals surface area contributed by atoms with E-state index in [4.69, 9.17) is 13.9 Å². The molecule has 210 valence electrons. The number of carbonyl (C=O) groups is 1. The molecule has 0 fully saturated rings. The van der Waals surface area contributed by atoms with Crippen LogP contribution in [0.25, 0.3) is 11.0 Å². The molecule has 5 rings (SSSR count). The monoisotopic (exact) mass is 581 g/mol. The number of hydrogen-bond acceptors (Lipinski definition) is 10. The number of amides is 1. The highest BCUT2D eigenvalue weighted by Crippen LogP contribution is 2.25. The van der Waals surface area contributed by atoms with E-state index in [0.717, 1.165) is 0 Å². The molecule has 3 aromatic carbocycles. The van der Waals surface area contributed by atoms with Crippen LogP contribution in [0.4, 0.5) is 4.39 Å². The first-order chi connectivity index (χ1) is 19.7. The third-order valence-electron chi connectivity index (χ3n) is 5.76. The van der Waals surface area contributed by atoms with Crippen molar-refractivity contribution < 1.29 is 41.0 Å². The Morgan fingerprint density at radius 3 is 2.49 bits per heavy atom. The Kier molecular flexibility index (Phi) is 7.65. The Balaban J connectivity index is 1.21. The summed E-state index contributed by atoms with van der Waals surface area (Å²) in [6.45, 7) is -0.219. The van der Waals surface area contributed by atoms with Crippen LogP contribution in [0.3, 0.4) is 0 Å². The molecule has 0 radical (unpaired) electrons. The number of carbonyl (C=O) groups excluding carboxylic acids is 1. The molecule has 0 saturated carbocycles. The molecular weight excluding hydrogens is 561 g/mol. The number of benzene rings is 3. The van der Waals surface area contributed by atoms with Gasteiger partial charge in [0.2, 0.25) is 0 Å². The van der Waals surface area contributed by atoms with E-state index < -0.39 is 38.1 Å². The Morgan fingerprint density at radius 1 is 1.00 bits per heavy atom. The fourth-order valence-electron chi connectivity index (χ4n) is 3.76. The average molecular weight is 582 g/mol. The summed E-state index contributed by atoms with van der Waals surface area (Å²) < 4.78 is 59.3. The molecule has 14 heteroatoms. The van der Waals surface area contributed by atoms with Gasteiger partial charge >= 0.3 is 16.5 Å². The predicted octanol–water partition coefficient (Wildman–Crippen LogP) is 2.77. The number of ether oxygens (including phenoxy) is 2. The lowest BCUT2D eigenvalue weighted by atomic mass is 10.1. The Labute approximate surface area is 231 Å². The van der Waals surface area contributed by atoms with Crippen LogP contribution >= 0.6 is 0 Å². The zero-order valence-corrected chi connectivity index (χ0v) is 21.8. The highest BCUT2D eigenvalue weighted by Gasteiger charge is 2.35. The van der Waals surface area contributed by atoms with Crippen LogP contribution in [0.5, 0.6) is 11.6 Å². The van der Waals surface area contributed by atoms with Crippen molar-refractivity contribution in [1.29, 1.82) is 0 Å². The number of aromatic nitrogens is 2. The summed E-state index contributed by atoms with van der Waals surface area (Å²) in [6.07, 6.45) is 0. The van der Waals surface area contributed by atoms with Gasteiger partial charge < -0.3 is 24.4 Å². The summed E-state index contributed by atoms with van der Waals surface area (Å²) >= 11 is 0. The van der Waals surface area contributed by atoms with Crippen molar-refractivity contribution >= 4 is 26.7 Å². The van der Waals surface area contributed by atoms with E-state index in [1.54, 1.807) is 18.2 Å². The summed E-state index contributed by atoms with van der Waals surface area (Å²) in [6, 6.07) is 18.8. The average Bonchev–Trinajstić information content (AvgIpc) is 3.35. The SMILES string of the molecule is O=C(NCc1ccc(F)cc1)c1cc2ccc(OCCOc3no[n+]([O-])c3S(=O)(=O)c3ccccc3)cc2oc1=O. The highest BCUT2D eigenvalue weighted by molar-refractivity contribution is 7.91. The number of halogens is 1. The van der Waals surface area contributed by atoms with Crippen LogP contribution in [0.1, 0.15) is 15.9 Å². The number of nitrogens with zero attached hydrogens (tertiary/aromatic N) is 2. The van der Waals surface area contributed by atoms with Crippen molar-refractivity contribution in [1.82, 2.24) is 10.5 Å². The zero-order chi connectivity index (χ0) is 29.0. The summed E-state index contributed by atoms with van der Waals surface area (Å²) in [4.78, 5) is 24.6. The maximum Gasteiger partial charge on any atom is 0.415 e. The van der Waals surface area contributed by atoms with Crippen LogP contribution in [0.15, 0.2) is 103 Å². The number of fused-ring (bicyclic) bond motifs is 1. The first-order valence-corrected chi connectivity index (χ1v) is 13.5. The Morgan fingerprint density at radius 2 is 1.73 bits per heavy atom. The lowest BCUT2D eigenvalue weighted by molar-refractivity contribution is -0.832. The third-order valence-corrected chi connectivity index (χ3v) is 7.49. The van der Waals surface area contributed by atoms with E-state index >= 15 is 0 Å². The van der Waals surface area contributed by atoms with E-state index in [-0.39, 0.29) is 46.5 Å². The molecule has 0 aliphatic heterocycles. The smallest absolute Gasteiger partial charge is 0.415 e. The fourth-order valence-corrected chi connectivity index (χ4v) is 5.05. The largest absolute Gasteiger partial charge is 0.490 e. The standard InChI is InChI=1S/C27H20FN3O9S/c28-19-9-6-17(7-10-19)16-29-24(32)22-14-18-8-11-20(15-23(18)39-27(22)33)37-12-13-38-25-26(31(34)40-30-25)41(35,36)21-4-2-1-3-5-21/h1-11,14-15H,12-13,16H2,(H,29,32). The van der Waals surface area contributed by atoms with Crippen LogP contribution in [0.2, 0.25) is 0 Å². The molecule has 5 aromatic rings. The maximum absolute atomic E-state index is 13.1. The molecule has 0 atom stereocenters. The second-order valence-corrected chi connectivity index (χ2v) is 10.4. The second kappa shape index (κ2) is 11.5. The third kappa shape index (κ3) is 6.01. The van der Waals surface area contributed by atoms with Crippen LogP contribution in [-0.2, 0) is 16.4 Å². The molecule has 0 saturated heterocycles. The van der Waals surface area contributed by atoms with Gasteiger partial charge in [-0.15, -0.1) is 0 Å². The van der Waals surface area contributed by atoms with Gasteiger partial charge in [0.05, 0.1) is 10.1 Å². The lowest BCUT2D eigenvalue weighted by Crippen LogP contribution is -2.31. The van der Waals surface area contributed by atoms with E-state index in [9.17, 15) is 27.6 Å². The van der Waals surface area contributed by atoms with E-state index in [2.05, 4.69) is 15.1 Å². The van der Waals surface area contributed by atoms with Gasteiger partial charge in [0.15, 0.2) is 0 Å². The normalized spacial score (nSPS) is 11.3. The van der Waals surface area contributed by atoms with Crippen molar-refractivity contribution in [2.24, 2.45) is 0 Å². The summed E-state index contributed by atoms with van der Waals surface area (Å²) in [5, 5.41) is 17.6. The molecule has 0 aliphatic rings. The molecule has 41 heavy (non-hydrogen) atoms. The quantitative estimate of drug-likeness (QED) is 0.147. The van der Waals surface area contributed by atoms with Gasteiger partial charge in [-0.25, -0.2) is 17.6 Å². The predicted molar refractivity (Wildman–Crippen MR) is 138 cm³/mol. The van der Waals surface area contributed by atoms with Crippen LogP contribution < -0.4 is 25.3 Å². The minimum Gasteiger partial charge on any atom is -0.490 e. The summed E-state index contributed by atoms with van der Waals surface area (Å²) in [5.74, 6) is -1.29. The van der Waals surface area contributed by atoms with Gasteiger partial charge in [-0.1, -0.05) is 30.3 Å². The van der Waals surface area contributed by atoms with E-state index in [0.29, 0.717) is 10.9 Å². The van der Waals surface area contributed by atoms with Gasteiger partial charge in [0.25, 0.3) is 15.7 Å². The highest BCUT2D eigenvalue weighted by atomic mass is 32.2. The second-order valence-electron chi connectivity index (χ2n) is 8.51. The molecule has 1 amide bonds. The van der Waals surface area contributed by atoms with Crippen molar-refractivity contribution in [2.75, 3.05) is 13.2 Å². The van der Waals surface area contributed by atoms with E-state index in [1.165, 1.54) is 60.7 Å². The zero-order valence-electron chi connectivity index (χ0n) is 21.0. The molecular formula is C27H20FN3O9S. The minimum atomic E-state index is -4.26. The Bertz CT molecular complexity index is 1870. The van der Waals surface area contributed by atoms with Gasteiger partial charge in [0, 0.05) is 18.0 Å². The van der Waals surface area contributed by atoms with Crippen molar-refractivity contribution in [3.8, 4) is 11.6 Å². The van der Waals surface area contributed by atoms with Crippen LogP contribution in [0, 0.1) is 11.0 Å². The number of rotatable bonds is 10.